The molecule has 24 heavy (non-hydrogen) atoms. The zero-order valence-electron chi connectivity index (χ0n) is 14.7. The summed E-state index contributed by atoms with van der Waals surface area (Å²) in [5, 5.41) is 0. The van der Waals surface area contributed by atoms with E-state index in [4.69, 9.17) is 4.74 Å². The standard InChI is InChI=1S/C20H23F2NO/c1-13(2)24-19-14(8-6-9-15(19)20(3,4)5)12-23-18-16(21)10-7-11-17(18)22/h6-13H,1-5H3. The Hall–Kier alpha value is -2.23. The quantitative estimate of drug-likeness (QED) is 0.649. The summed E-state index contributed by atoms with van der Waals surface area (Å²) in [6.07, 6.45) is 1.43. The van der Waals surface area contributed by atoms with Crippen molar-refractivity contribution in [1.29, 1.82) is 0 Å². The maximum absolute atomic E-state index is 13.7. The van der Waals surface area contributed by atoms with Gasteiger partial charge in [-0.25, -0.2) is 13.8 Å². The molecule has 0 aliphatic carbocycles. The van der Waals surface area contributed by atoms with E-state index in [1.54, 1.807) is 0 Å². The molecule has 0 unspecified atom stereocenters. The fourth-order valence-electron chi connectivity index (χ4n) is 2.36. The summed E-state index contributed by atoms with van der Waals surface area (Å²) in [6.45, 7) is 10.2. The SMILES string of the molecule is CC(C)Oc1c(C=Nc2c(F)cccc2F)cccc1C(C)(C)C. The van der Waals surface area contributed by atoms with Crippen LogP contribution in [0.4, 0.5) is 14.5 Å². The van der Waals surface area contributed by atoms with Crippen LogP contribution in [0.5, 0.6) is 5.75 Å². The lowest BCUT2D eigenvalue weighted by Crippen LogP contribution is -2.17. The third-order valence-corrected chi connectivity index (χ3v) is 3.48. The minimum Gasteiger partial charge on any atom is -0.490 e. The molecule has 2 aromatic rings. The normalized spacial score (nSPS) is 12.2. The second-order valence-electron chi connectivity index (χ2n) is 6.97. The number of hydrogen-bond acceptors (Lipinski definition) is 2. The maximum Gasteiger partial charge on any atom is 0.151 e. The van der Waals surface area contributed by atoms with Gasteiger partial charge in [-0.3, -0.25) is 0 Å². The van der Waals surface area contributed by atoms with Gasteiger partial charge in [-0.1, -0.05) is 39.0 Å². The molecule has 0 aliphatic rings. The van der Waals surface area contributed by atoms with Crippen molar-refractivity contribution >= 4 is 11.9 Å². The Labute approximate surface area is 142 Å². The molecule has 0 heterocycles. The van der Waals surface area contributed by atoms with Crippen LogP contribution in [0.3, 0.4) is 0 Å². The van der Waals surface area contributed by atoms with E-state index < -0.39 is 11.6 Å². The molecule has 0 aliphatic heterocycles. The van der Waals surface area contributed by atoms with Gasteiger partial charge in [0.25, 0.3) is 0 Å². The summed E-state index contributed by atoms with van der Waals surface area (Å²) < 4.78 is 33.5. The predicted octanol–water partition coefficient (Wildman–Crippen LogP) is 5.80. The fraction of sp³-hybridized carbons (Fsp3) is 0.350. The Balaban J connectivity index is 2.52. The van der Waals surface area contributed by atoms with Crippen LogP contribution < -0.4 is 4.74 Å². The Bertz CT molecular complexity index is 726. The topological polar surface area (TPSA) is 21.6 Å². The average Bonchev–Trinajstić information content (AvgIpc) is 2.46. The third-order valence-electron chi connectivity index (χ3n) is 3.48. The van der Waals surface area contributed by atoms with Crippen LogP contribution in [0, 0.1) is 11.6 Å². The highest BCUT2D eigenvalue weighted by Crippen LogP contribution is 2.34. The largest absolute Gasteiger partial charge is 0.490 e. The van der Waals surface area contributed by atoms with E-state index in [9.17, 15) is 8.78 Å². The molecule has 0 amide bonds. The molecule has 0 fully saturated rings. The highest BCUT2D eigenvalue weighted by Gasteiger charge is 2.21. The first-order chi connectivity index (χ1) is 11.2. The molecule has 4 heteroatoms. The highest BCUT2D eigenvalue weighted by molar-refractivity contribution is 5.86. The fourth-order valence-corrected chi connectivity index (χ4v) is 2.36. The number of para-hydroxylation sites is 2. The molecule has 0 radical (unpaired) electrons. The smallest absolute Gasteiger partial charge is 0.151 e. The Morgan fingerprint density at radius 3 is 2.12 bits per heavy atom. The summed E-state index contributed by atoms with van der Waals surface area (Å²) in [5.41, 5.74) is 1.29. The zero-order chi connectivity index (χ0) is 17.9. The van der Waals surface area contributed by atoms with Crippen LogP contribution in [0.15, 0.2) is 41.4 Å². The van der Waals surface area contributed by atoms with E-state index >= 15 is 0 Å². The minimum atomic E-state index is -0.690. The van der Waals surface area contributed by atoms with E-state index in [-0.39, 0.29) is 17.2 Å². The second-order valence-corrected chi connectivity index (χ2v) is 6.97. The van der Waals surface area contributed by atoms with Gasteiger partial charge in [-0.05, 0) is 37.5 Å². The van der Waals surface area contributed by atoms with E-state index in [2.05, 4.69) is 25.8 Å². The predicted molar refractivity (Wildman–Crippen MR) is 94.5 cm³/mol. The molecule has 2 rings (SSSR count). The second kappa shape index (κ2) is 7.12. The first-order valence-corrected chi connectivity index (χ1v) is 7.98. The number of rotatable bonds is 4. The van der Waals surface area contributed by atoms with Crippen LogP contribution in [0.2, 0.25) is 0 Å². The third kappa shape index (κ3) is 4.19. The lowest BCUT2D eigenvalue weighted by molar-refractivity contribution is 0.236. The molecule has 0 atom stereocenters. The van der Waals surface area contributed by atoms with Crippen molar-refractivity contribution in [2.45, 2.75) is 46.1 Å². The first-order valence-electron chi connectivity index (χ1n) is 7.98. The van der Waals surface area contributed by atoms with Crippen LogP contribution >= 0.6 is 0 Å². The number of benzene rings is 2. The average molecular weight is 331 g/mol. The molecule has 0 saturated heterocycles. The first kappa shape index (κ1) is 18.1. The van der Waals surface area contributed by atoms with Crippen molar-refractivity contribution in [3.8, 4) is 5.75 Å². The van der Waals surface area contributed by atoms with Crippen molar-refractivity contribution < 1.29 is 13.5 Å². The molecule has 0 aromatic heterocycles. The van der Waals surface area contributed by atoms with Gasteiger partial charge in [-0.15, -0.1) is 0 Å². The summed E-state index contributed by atoms with van der Waals surface area (Å²) >= 11 is 0. The molecule has 0 N–H and O–H groups in total. The maximum atomic E-state index is 13.7. The monoisotopic (exact) mass is 331 g/mol. The lowest BCUT2D eigenvalue weighted by Gasteiger charge is -2.25. The molecule has 2 aromatic carbocycles. The Kier molecular flexibility index (Phi) is 5.37. The van der Waals surface area contributed by atoms with Crippen molar-refractivity contribution in [3.63, 3.8) is 0 Å². The highest BCUT2D eigenvalue weighted by atomic mass is 19.1. The summed E-state index contributed by atoms with van der Waals surface area (Å²) in [7, 11) is 0. The van der Waals surface area contributed by atoms with Crippen molar-refractivity contribution in [3.05, 3.63) is 59.2 Å². The van der Waals surface area contributed by atoms with Crippen LogP contribution in [0.1, 0.15) is 45.7 Å². The minimum absolute atomic E-state index is 0.0224. The Morgan fingerprint density at radius 1 is 1.00 bits per heavy atom. The van der Waals surface area contributed by atoms with Crippen molar-refractivity contribution in [2.75, 3.05) is 0 Å². The van der Waals surface area contributed by atoms with Crippen molar-refractivity contribution in [1.82, 2.24) is 0 Å². The number of halogens is 2. The van der Waals surface area contributed by atoms with Crippen LogP contribution in [0.25, 0.3) is 0 Å². The number of nitrogens with zero attached hydrogens (tertiary/aromatic N) is 1. The van der Waals surface area contributed by atoms with E-state index in [1.807, 2.05) is 32.0 Å². The van der Waals surface area contributed by atoms with E-state index in [0.717, 1.165) is 5.56 Å². The number of hydrogen-bond donors (Lipinski definition) is 0. The van der Waals surface area contributed by atoms with Gasteiger partial charge in [0.2, 0.25) is 0 Å². The lowest BCUT2D eigenvalue weighted by atomic mass is 9.85. The van der Waals surface area contributed by atoms with E-state index in [0.29, 0.717) is 11.3 Å². The molecule has 128 valence electrons. The van der Waals surface area contributed by atoms with Crippen molar-refractivity contribution in [2.24, 2.45) is 4.99 Å². The van der Waals surface area contributed by atoms with Gasteiger partial charge in [-0.2, -0.15) is 0 Å². The van der Waals surface area contributed by atoms with Gasteiger partial charge in [0.1, 0.15) is 11.4 Å². The molecular weight excluding hydrogens is 308 g/mol. The summed E-state index contributed by atoms with van der Waals surface area (Å²) in [5.74, 6) is -0.686. The molecular formula is C20H23F2NO. The van der Waals surface area contributed by atoms with Gasteiger partial charge < -0.3 is 4.74 Å². The number of aliphatic imine (C=N–C) groups is 1. The van der Waals surface area contributed by atoms with Gasteiger partial charge in [0.15, 0.2) is 11.6 Å². The molecule has 0 spiro atoms. The summed E-state index contributed by atoms with van der Waals surface area (Å²) in [4.78, 5) is 4.01. The molecule has 0 saturated carbocycles. The van der Waals surface area contributed by atoms with Crippen LogP contribution in [-0.2, 0) is 5.41 Å². The Morgan fingerprint density at radius 2 is 1.58 bits per heavy atom. The van der Waals surface area contributed by atoms with Gasteiger partial charge >= 0.3 is 0 Å². The van der Waals surface area contributed by atoms with Crippen LogP contribution in [-0.4, -0.2) is 12.3 Å². The van der Waals surface area contributed by atoms with Gasteiger partial charge in [0, 0.05) is 17.3 Å². The van der Waals surface area contributed by atoms with E-state index in [1.165, 1.54) is 24.4 Å². The van der Waals surface area contributed by atoms with Gasteiger partial charge in [0.05, 0.1) is 6.10 Å². The summed E-state index contributed by atoms with van der Waals surface area (Å²) in [6, 6.07) is 9.41. The molecule has 2 nitrogen and oxygen atoms in total. The zero-order valence-corrected chi connectivity index (χ0v) is 14.7. The molecule has 0 bridgehead atoms. The number of ether oxygens (including phenoxy) is 1.